The largest absolute Gasteiger partial charge is 0.309 e. The second-order valence-corrected chi connectivity index (χ2v) is 2.87. The van der Waals surface area contributed by atoms with Crippen molar-refractivity contribution < 1.29 is 0 Å². The van der Waals surface area contributed by atoms with E-state index in [0.717, 1.165) is 15.9 Å². The summed E-state index contributed by atoms with van der Waals surface area (Å²) in [6.45, 7) is 1.69. The fourth-order valence-electron chi connectivity index (χ4n) is 0.616. The van der Waals surface area contributed by atoms with Gasteiger partial charge in [-0.2, -0.15) is 0 Å². The topological polar surface area (TPSA) is 39.1 Å². The Kier molecular flexibility index (Phi) is 1.72. The molecule has 0 fully saturated rings. The second-order valence-electron chi connectivity index (χ2n) is 2.05. The molecule has 0 aliphatic carbocycles. The Labute approximate surface area is 61.6 Å². The van der Waals surface area contributed by atoms with E-state index in [4.69, 9.17) is 0 Å². The van der Waals surface area contributed by atoms with Crippen LogP contribution in [-0.4, -0.2) is 4.57 Å². The van der Waals surface area contributed by atoms with E-state index in [1.165, 1.54) is 7.05 Å². The molecule has 0 unspecified atom stereocenters. The lowest BCUT2D eigenvalue weighted by Gasteiger charge is -1.92. The van der Waals surface area contributed by atoms with E-state index in [2.05, 4.69) is 0 Å². The Bertz CT molecular complexity index is 350. The summed E-state index contributed by atoms with van der Waals surface area (Å²) in [6.07, 6.45) is 0. The van der Waals surface area contributed by atoms with Gasteiger partial charge in [0.05, 0.1) is 0 Å². The van der Waals surface area contributed by atoms with Crippen molar-refractivity contribution in [3.05, 3.63) is 31.0 Å². The Morgan fingerprint density at radius 3 is 2.60 bits per heavy atom. The van der Waals surface area contributed by atoms with E-state index in [0.29, 0.717) is 5.56 Å². The van der Waals surface area contributed by atoms with Crippen molar-refractivity contribution in [2.75, 3.05) is 0 Å². The summed E-state index contributed by atoms with van der Waals surface area (Å²) >= 11 is 1.04. The molecule has 0 radical (unpaired) electrons. The smallest absolute Gasteiger partial charge is 0.269 e. The third-order valence-corrected chi connectivity index (χ3v) is 2.20. The number of rotatable bonds is 0. The van der Waals surface area contributed by atoms with Gasteiger partial charge in [0, 0.05) is 18.0 Å². The van der Waals surface area contributed by atoms with Crippen molar-refractivity contribution in [1.82, 2.24) is 4.57 Å². The van der Waals surface area contributed by atoms with Crippen molar-refractivity contribution in [1.29, 1.82) is 0 Å². The zero-order valence-corrected chi connectivity index (χ0v) is 6.57. The van der Waals surface area contributed by atoms with Gasteiger partial charge in [-0.25, -0.2) is 0 Å². The van der Waals surface area contributed by atoms with Gasteiger partial charge < -0.3 is 0 Å². The standard InChI is InChI=1S/C6H7NO2S/c1-4-3-10-6(9)7(2)5(4)8/h3H,1-2H3. The molecule has 1 heterocycles. The van der Waals surface area contributed by atoms with Crippen LogP contribution in [0.4, 0.5) is 0 Å². The van der Waals surface area contributed by atoms with Crippen molar-refractivity contribution >= 4 is 11.3 Å². The normalized spacial score (nSPS) is 9.80. The molecule has 4 heteroatoms. The highest BCUT2D eigenvalue weighted by Crippen LogP contribution is 1.87. The molecule has 54 valence electrons. The van der Waals surface area contributed by atoms with Crippen molar-refractivity contribution in [3.63, 3.8) is 0 Å². The molecule has 0 N–H and O–H groups in total. The molecule has 0 bridgehead atoms. The van der Waals surface area contributed by atoms with Gasteiger partial charge >= 0.3 is 4.87 Å². The number of aryl methyl sites for hydroxylation is 1. The van der Waals surface area contributed by atoms with Crippen LogP contribution in [0, 0.1) is 6.92 Å². The Balaban J connectivity index is 3.66. The SMILES string of the molecule is Cc1csc(=O)n(C)c1=O. The Hall–Kier alpha value is -0.900. The van der Waals surface area contributed by atoms with Crippen molar-refractivity contribution in [3.8, 4) is 0 Å². The first-order valence-corrected chi connectivity index (χ1v) is 3.66. The summed E-state index contributed by atoms with van der Waals surface area (Å²) in [5.74, 6) is 0. The average molecular weight is 157 g/mol. The highest BCUT2D eigenvalue weighted by atomic mass is 32.1. The van der Waals surface area contributed by atoms with Crippen molar-refractivity contribution in [2.24, 2.45) is 7.05 Å². The predicted octanol–water partition coefficient (Wildman–Crippen LogP) is 0.115. The van der Waals surface area contributed by atoms with Crippen molar-refractivity contribution in [2.45, 2.75) is 6.92 Å². The molecule has 0 amide bonds. The summed E-state index contributed by atoms with van der Waals surface area (Å²) in [7, 11) is 1.48. The average Bonchev–Trinajstić information content (AvgIpc) is 1.93. The molecule has 1 rings (SSSR count). The number of hydrogen-bond donors (Lipinski definition) is 0. The van der Waals surface area contributed by atoms with Crippen LogP contribution in [0.25, 0.3) is 0 Å². The molecule has 0 aliphatic rings. The highest BCUT2D eigenvalue weighted by molar-refractivity contribution is 7.07. The van der Waals surface area contributed by atoms with Gasteiger partial charge in [0.2, 0.25) is 0 Å². The van der Waals surface area contributed by atoms with E-state index in [-0.39, 0.29) is 10.4 Å². The van der Waals surface area contributed by atoms with Crippen LogP contribution in [0.1, 0.15) is 5.56 Å². The summed E-state index contributed by atoms with van der Waals surface area (Å²) in [5.41, 5.74) is 0.413. The maximum atomic E-state index is 11.0. The summed E-state index contributed by atoms with van der Waals surface area (Å²) in [5, 5.41) is 1.57. The van der Waals surface area contributed by atoms with E-state index in [1.807, 2.05) is 0 Å². The number of nitrogens with zero attached hydrogens (tertiary/aromatic N) is 1. The summed E-state index contributed by atoms with van der Waals surface area (Å²) < 4.78 is 1.11. The van der Waals surface area contributed by atoms with Crippen LogP contribution in [0.5, 0.6) is 0 Å². The zero-order chi connectivity index (χ0) is 7.72. The molecule has 0 atom stereocenters. The van der Waals surface area contributed by atoms with Gasteiger partial charge in [-0.05, 0) is 6.92 Å². The van der Waals surface area contributed by atoms with E-state index in [1.54, 1.807) is 12.3 Å². The number of hydrogen-bond acceptors (Lipinski definition) is 3. The summed E-state index contributed by atoms with van der Waals surface area (Å²) in [6, 6.07) is 0. The molecule has 1 aromatic heterocycles. The molecule has 0 spiro atoms. The van der Waals surface area contributed by atoms with Crippen LogP contribution in [0.15, 0.2) is 15.0 Å². The first-order valence-electron chi connectivity index (χ1n) is 2.78. The molecule has 0 saturated heterocycles. The lowest BCUT2D eigenvalue weighted by molar-refractivity contribution is 0.834. The van der Waals surface area contributed by atoms with Gasteiger partial charge in [0.15, 0.2) is 0 Å². The zero-order valence-electron chi connectivity index (χ0n) is 5.75. The molecule has 1 aromatic rings. The molecule has 10 heavy (non-hydrogen) atoms. The van der Waals surface area contributed by atoms with E-state index < -0.39 is 0 Å². The monoisotopic (exact) mass is 157 g/mol. The molecule has 3 nitrogen and oxygen atoms in total. The van der Waals surface area contributed by atoms with Gasteiger partial charge in [0.1, 0.15) is 0 Å². The molecular weight excluding hydrogens is 150 g/mol. The molecule has 0 saturated carbocycles. The minimum absolute atomic E-state index is 0.205. The van der Waals surface area contributed by atoms with Gasteiger partial charge in [-0.1, -0.05) is 11.3 Å². The van der Waals surface area contributed by atoms with Gasteiger partial charge in [-0.3, -0.25) is 14.2 Å². The minimum atomic E-state index is -0.212. The fraction of sp³-hybridized carbons (Fsp3) is 0.333. The highest BCUT2D eigenvalue weighted by Gasteiger charge is 1.96. The van der Waals surface area contributed by atoms with Crippen LogP contribution in [0.2, 0.25) is 0 Å². The maximum Gasteiger partial charge on any atom is 0.309 e. The van der Waals surface area contributed by atoms with Gasteiger partial charge in [-0.15, -0.1) is 0 Å². The van der Waals surface area contributed by atoms with Crippen LogP contribution < -0.4 is 10.4 Å². The number of aromatic nitrogens is 1. The summed E-state index contributed by atoms with van der Waals surface area (Å²) in [4.78, 5) is 21.5. The lowest BCUT2D eigenvalue weighted by atomic mass is 10.4. The third kappa shape index (κ3) is 1.02. The molecule has 0 aliphatic heterocycles. The molecular formula is C6H7NO2S. The quantitative estimate of drug-likeness (QED) is 0.536. The first kappa shape index (κ1) is 7.21. The van der Waals surface area contributed by atoms with Crippen LogP contribution >= 0.6 is 11.3 Å². The van der Waals surface area contributed by atoms with Crippen LogP contribution in [-0.2, 0) is 7.05 Å². The molecule has 0 aromatic carbocycles. The first-order chi connectivity index (χ1) is 4.63. The van der Waals surface area contributed by atoms with E-state index >= 15 is 0 Å². The minimum Gasteiger partial charge on any atom is -0.269 e. The second kappa shape index (κ2) is 2.38. The van der Waals surface area contributed by atoms with Crippen LogP contribution in [0.3, 0.4) is 0 Å². The Morgan fingerprint density at radius 1 is 1.50 bits per heavy atom. The third-order valence-electron chi connectivity index (χ3n) is 1.25. The fourth-order valence-corrected chi connectivity index (χ4v) is 1.24. The lowest BCUT2D eigenvalue weighted by Crippen LogP contribution is -2.28. The van der Waals surface area contributed by atoms with E-state index in [9.17, 15) is 9.59 Å². The Morgan fingerprint density at radius 2 is 2.10 bits per heavy atom. The predicted molar refractivity (Wildman–Crippen MR) is 40.6 cm³/mol. The van der Waals surface area contributed by atoms with Gasteiger partial charge in [0.25, 0.3) is 5.56 Å². The maximum absolute atomic E-state index is 11.0.